The lowest BCUT2D eigenvalue weighted by Crippen LogP contribution is -2.40. The number of fused-ring (bicyclic) bond motifs is 1. The molecule has 1 heterocycles. The van der Waals surface area contributed by atoms with Crippen molar-refractivity contribution in [1.82, 2.24) is 5.32 Å². The highest BCUT2D eigenvalue weighted by Gasteiger charge is 2.42. The Morgan fingerprint density at radius 2 is 1.82 bits per heavy atom. The van der Waals surface area contributed by atoms with Crippen molar-refractivity contribution in [3.05, 3.63) is 65.2 Å². The average Bonchev–Trinajstić information content (AvgIpc) is 2.71. The van der Waals surface area contributed by atoms with E-state index in [4.69, 9.17) is 4.55 Å². The summed E-state index contributed by atoms with van der Waals surface area (Å²) in [7, 11) is -4.43. The standard InChI is InChI=1S/C14H12N2O5S/c17-13-11-6-1-2-7-12(11)14(18,15-13)9-4-3-5-10(8-9)16-22(19,20)21/h1-8,16,18H,(H,15,17)(H,19,20,21). The van der Waals surface area contributed by atoms with Crippen LogP contribution >= 0.6 is 0 Å². The number of carbonyl (C=O) groups excluding carboxylic acids is 1. The second-order valence-corrected chi connectivity index (χ2v) is 6.02. The maximum Gasteiger partial charge on any atom is 0.357 e. The third kappa shape index (κ3) is 2.43. The van der Waals surface area contributed by atoms with Crippen LogP contribution in [0.15, 0.2) is 48.5 Å². The molecule has 2 aromatic rings. The van der Waals surface area contributed by atoms with Gasteiger partial charge in [0.1, 0.15) is 0 Å². The summed E-state index contributed by atoms with van der Waals surface area (Å²) in [5, 5.41) is 13.3. The Morgan fingerprint density at radius 3 is 2.55 bits per heavy atom. The summed E-state index contributed by atoms with van der Waals surface area (Å²) in [5.74, 6) is -0.425. The van der Waals surface area contributed by atoms with Gasteiger partial charge in [0, 0.05) is 16.7 Å². The number of hydrogen-bond donors (Lipinski definition) is 4. The van der Waals surface area contributed by atoms with Crippen molar-refractivity contribution in [2.75, 3.05) is 4.72 Å². The molecule has 0 radical (unpaired) electrons. The smallest absolute Gasteiger partial charge is 0.357 e. The first-order valence-electron chi connectivity index (χ1n) is 6.30. The molecule has 0 spiro atoms. The normalized spacial score (nSPS) is 20.4. The van der Waals surface area contributed by atoms with Crippen LogP contribution in [0, 0.1) is 0 Å². The van der Waals surface area contributed by atoms with E-state index in [1.165, 1.54) is 24.3 Å². The minimum absolute atomic E-state index is 0.0621. The Kier molecular flexibility index (Phi) is 3.17. The van der Waals surface area contributed by atoms with E-state index in [0.717, 1.165) is 0 Å². The summed E-state index contributed by atoms with van der Waals surface area (Å²) in [5.41, 5.74) is -0.710. The lowest BCUT2D eigenvalue weighted by Gasteiger charge is -2.25. The highest BCUT2D eigenvalue weighted by Crippen LogP contribution is 2.35. The molecule has 22 heavy (non-hydrogen) atoms. The summed E-state index contributed by atoms with van der Waals surface area (Å²) in [6.07, 6.45) is 0. The van der Waals surface area contributed by atoms with Gasteiger partial charge in [-0.15, -0.1) is 0 Å². The Labute approximate surface area is 126 Å². The summed E-state index contributed by atoms with van der Waals surface area (Å²) >= 11 is 0. The van der Waals surface area contributed by atoms with E-state index in [1.807, 2.05) is 4.72 Å². The van der Waals surface area contributed by atoms with E-state index in [2.05, 4.69) is 5.32 Å². The molecule has 1 amide bonds. The van der Waals surface area contributed by atoms with Crippen molar-refractivity contribution in [2.45, 2.75) is 5.72 Å². The third-order valence-electron chi connectivity index (χ3n) is 3.38. The Balaban J connectivity index is 2.08. The van der Waals surface area contributed by atoms with E-state index >= 15 is 0 Å². The molecule has 3 rings (SSSR count). The van der Waals surface area contributed by atoms with Crippen molar-refractivity contribution < 1.29 is 22.9 Å². The highest BCUT2D eigenvalue weighted by molar-refractivity contribution is 7.87. The zero-order chi connectivity index (χ0) is 16.0. The van der Waals surface area contributed by atoms with Gasteiger partial charge in [-0.05, 0) is 18.2 Å². The molecular formula is C14H12N2O5S. The van der Waals surface area contributed by atoms with Crippen LogP contribution in [0.3, 0.4) is 0 Å². The number of nitrogens with one attached hydrogen (secondary N) is 2. The minimum atomic E-state index is -4.43. The molecule has 0 aliphatic carbocycles. The minimum Gasteiger partial charge on any atom is -0.363 e. The van der Waals surface area contributed by atoms with E-state index in [1.54, 1.807) is 24.3 Å². The van der Waals surface area contributed by atoms with E-state index in [9.17, 15) is 18.3 Å². The lowest BCUT2D eigenvalue weighted by atomic mass is 9.94. The fraction of sp³-hybridized carbons (Fsp3) is 0.0714. The molecule has 0 fully saturated rings. The van der Waals surface area contributed by atoms with Gasteiger partial charge in [0.25, 0.3) is 5.91 Å². The van der Waals surface area contributed by atoms with Crippen LogP contribution in [0.5, 0.6) is 0 Å². The van der Waals surface area contributed by atoms with Gasteiger partial charge in [0.05, 0.1) is 5.69 Å². The third-order valence-corrected chi connectivity index (χ3v) is 3.88. The monoisotopic (exact) mass is 320 g/mol. The summed E-state index contributed by atoms with van der Waals surface area (Å²) in [6, 6.07) is 12.3. The molecule has 1 atom stereocenters. The van der Waals surface area contributed by atoms with Crippen molar-refractivity contribution in [1.29, 1.82) is 0 Å². The molecule has 1 aliphatic heterocycles. The van der Waals surface area contributed by atoms with Crippen LogP contribution in [0.1, 0.15) is 21.5 Å². The maximum absolute atomic E-state index is 11.9. The SMILES string of the molecule is O=C1NC(O)(c2cccc(NS(=O)(=O)O)c2)c2ccccc21. The van der Waals surface area contributed by atoms with Crippen LogP contribution in [0.2, 0.25) is 0 Å². The molecule has 1 unspecified atom stereocenters. The predicted molar refractivity (Wildman–Crippen MR) is 78.5 cm³/mol. The second kappa shape index (κ2) is 4.80. The molecule has 7 nitrogen and oxygen atoms in total. The fourth-order valence-electron chi connectivity index (χ4n) is 2.48. The number of anilines is 1. The number of carbonyl (C=O) groups is 1. The van der Waals surface area contributed by atoms with Crippen molar-refractivity contribution in [2.24, 2.45) is 0 Å². The quantitative estimate of drug-likeness (QED) is 0.625. The first-order valence-corrected chi connectivity index (χ1v) is 7.74. The molecule has 0 bridgehead atoms. The van der Waals surface area contributed by atoms with Gasteiger partial charge in [-0.2, -0.15) is 8.42 Å². The van der Waals surface area contributed by atoms with Crippen molar-refractivity contribution in [3.63, 3.8) is 0 Å². The Morgan fingerprint density at radius 1 is 1.09 bits per heavy atom. The summed E-state index contributed by atoms with van der Waals surface area (Å²) in [6.45, 7) is 0. The number of hydrogen-bond acceptors (Lipinski definition) is 4. The largest absolute Gasteiger partial charge is 0.363 e. The van der Waals surface area contributed by atoms with Crippen LogP contribution < -0.4 is 10.0 Å². The zero-order valence-electron chi connectivity index (χ0n) is 11.1. The summed E-state index contributed by atoms with van der Waals surface area (Å²) < 4.78 is 32.5. The average molecular weight is 320 g/mol. The van der Waals surface area contributed by atoms with Crippen LogP contribution in [0.4, 0.5) is 5.69 Å². The molecule has 4 N–H and O–H groups in total. The number of benzene rings is 2. The maximum atomic E-state index is 11.9. The van der Waals surface area contributed by atoms with Gasteiger partial charge in [-0.3, -0.25) is 14.1 Å². The van der Waals surface area contributed by atoms with E-state index < -0.39 is 21.9 Å². The molecule has 0 saturated carbocycles. The molecular weight excluding hydrogens is 308 g/mol. The Bertz CT molecular complexity index is 865. The lowest BCUT2D eigenvalue weighted by molar-refractivity contribution is 0.0476. The molecule has 0 aromatic heterocycles. The highest BCUT2D eigenvalue weighted by atomic mass is 32.2. The number of aliphatic hydroxyl groups is 1. The van der Waals surface area contributed by atoms with E-state index in [-0.39, 0.29) is 11.3 Å². The molecule has 2 aromatic carbocycles. The molecule has 8 heteroatoms. The molecule has 1 aliphatic rings. The molecule has 0 saturated heterocycles. The fourth-order valence-corrected chi connectivity index (χ4v) is 2.90. The van der Waals surface area contributed by atoms with Crippen molar-refractivity contribution >= 4 is 21.9 Å². The number of amides is 1. The van der Waals surface area contributed by atoms with Crippen LogP contribution in [-0.2, 0) is 16.0 Å². The van der Waals surface area contributed by atoms with Gasteiger partial charge in [0.15, 0.2) is 5.72 Å². The Hall–Kier alpha value is -2.42. The number of rotatable bonds is 3. The van der Waals surface area contributed by atoms with Crippen molar-refractivity contribution in [3.8, 4) is 0 Å². The molecule has 114 valence electrons. The van der Waals surface area contributed by atoms with Gasteiger partial charge in [-0.25, -0.2) is 0 Å². The van der Waals surface area contributed by atoms with Gasteiger partial charge < -0.3 is 10.4 Å². The zero-order valence-corrected chi connectivity index (χ0v) is 12.0. The first kappa shape index (κ1) is 14.5. The van der Waals surface area contributed by atoms with Crippen LogP contribution in [0.25, 0.3) is 0 Å². The summed E-state index contributed by atoms with van der Waals surface area (Å²) in [4.78, 5) is 11.9. The first-order chi connectivity index (χ1) is 10.3. The second-order valence-electron chi connectivity index (χ2n) is 4.87. The van der Waals surface area contributed by atoms with Gasteiger partial charge in [-0.1, -0.05) is 30.3 Å². The topological polar surface area (TPSA) is 116 Å². The van der Waals surface area contributed by atoms with E-state index in [0.29, 0.717) is 11.1 Å². The van der Waals surface area contributed by atoms with Crippen LogP contribution in [-0.4, -0.2) is 24.0 Å². The van der Waals surface area contributed by atoms with Gasteiger partial charge in [0.2, 0.25) is 0 Å². The van der Waals surface area contributed by atoms with Gasteiger partial charge >= 0.3 is 10.3 Å². The predicted octanol–water partition coefficient (Wildman–Crippen LogP) is 0.838.